The molecule has 0 saturated carbocycles. The largest absolute Gasteiger partial charge is 0.468 e. The first-order valence-electron chi connectivity index (χ1n) is 12.9. The number of hydrogen-bond acceptors (Lipinski definition) is 7. The first kappa shape index (κ1) is 28.9. The smallest absolute Gasteiger partial charge is 0.246 e. The van der Waals surface area contributed by atoms with Crippen LogP contribution in [0.4, 0.5) is 0 Å². The summed E-state index contributed by atoms with van der Waals surface area (Å²) in [5, 5.41) is 5.72. The summed E-state index contributed by atoms with van der Waals surface area (Å²) >= 11 is 1.44. The van der Waals surface area contributed by atoms with Gasteiger partial charge in [0.2, 0.25) is 11.8 Å². The van der Waals surface area contributed by atoms with E-state index in [1.165, 1.54) is 11.8 Å². The lowest BCUT2D eigenvalue weighted by Crippen LogP contribution is -2.53. The van der Waals surface area contributed by atoms with Crippen molar-refractivity contribution in [3.05, 3.63) is 60.1 Å². The Balaban J connectivity index is 1.60. The van der Waals surface area contributed by atoms with Gasteiger partial charge >= 0.3 is 0 Å². The predicted octanol–water partition coefficient (Wildman–Crippen LogP) is 3.88. The fourth-order valence-corrected chi connectivity index (χ4v) is 4.94. The van der Waals surface area contributed by atoms with Crippen molar-refractivity contribution in [1.82, 2.24) is 10.6 Å². The number of ketones is 1. The van der Waals surface area contributed by atoms with Crippen molar-refractivity contribution < 1.29 is 28.3 Å². The molecule has 2 amide bonds. The summed E-state index contributed by atoms with van der Waals surface area (Å²) in [4.78, 5) is 39.1. The summed E-state index contributed by atoms with van der Waals surface area (Å²) in [6, 6.07) is 11.8. The second-order valence-electron chi connectivity index (χ2n) is 9.65. The van der Waals surface area contributed by atoms with Crippen LogP contribution in [0.25, 0.3) is 0 Å². The number of carbonyl (C=O) groups excluding carboxylic acids is 3. The summed E-state index contributed by atoms with van der Waals surface area (Å²) < 4.78 is 16.4. The highest BCUT2D eigenvalue weighted by atomic mass is 32.2. The first-order valence-corrected chi connectivity index (χ1v) is 14.1. The van der Waals surface area contributed by atoms with Crippen LogP contribution in [0.1, 0.15) is 50.9 Å². The van der Waals surface area contributed by atoms with E-state index in [-0.39, 0.29) is 42.2 Å². The minimum atomic E-state index is -0.773. The highest BCUT2D eigenvalue weighted by Crippen LogP contribution is 2.16. The van der Waals surface area contributed by atoms with Gasteiger partial charge in [-0.05, 0) is 55.7 Å². The molecular weight excluding hydrogens is 492 g/mol. The molecule has 1 saturated heterocycles. The number of carbonyl (C=O) groups is 3. The number of furan rings is 1. The van der Waals surface area contributed by atoms with Crippen LogP contribution in [0.5, 0.6) is 0 Å². The van der Waals surface area contributed by atoms with E-state index in [4.69, 9.17) is 13.9 Å². The van der Waals surface area contributed by atoms with Gasteiger partial charge in [0.15, 0.2) is 12.1 Å². The van der Waals surface area contributed by atoms with Gasteiger partial charge in [-0.3, -0.25) is 14.4 Å². The Morgan fingerprint density at radius 1 is 1.05 bits per heavy atom. The Bertz CT molecular complexity index is 960. The molecule has 1 unspecified atom stereocenters. The van der Waals surface area contributed by atoms with Gasteiger partial charge < -0.3 is 24.5 Å². The Kier molecular flexibility index (Phi) is 12.2. The van der Waals surface area contributed by atoms with Crippen LogP contribution in [-0.2, 0) is 36.0 Å². The number of ether oxygens (including phenoxy) is 2. The molecule has 2 N–H and O–H groups in total. The molecule has 0 spiro atoms. The van der Waals surface area contributed by atoms with E-state index < -0.39 is 12.1 Å². The van der Waals surface area contributed by atoms with Crippen molar-refractivity contribution in [3.8, 4) is 0 Å². The van der Waals surface area contributed by atoms with Gasteiger partial charge in [-0.15, -0.1) is 11.8 Å². The van der Waals surface area contributed by atoms with Crippen molar-refractivity contribution in [2.75, 3.05) is 19.0 Å². The van der Waals surface area contributed by atoms with E-state index >= 15 is 0 Å². The van der Waals surface area contributed by atoms with E-state index in [0.717, 1.165) is 30.6 Å². The van der Waals surface area contributed by atoms with Crippen LogP contribution >= 0.6 is 11.8 Å². The molecule has 1 fully saturated rings. The number of hydrogen-bond donors (Lipinski definition) is 2. The van der Waals surface area contributed by atoms with E-state index in [9.17, 15) is 14.4 Å². The topological polar surface area (TPSA) is 107 Å². The molecule has 3 rings (SSSR count). The zero-order chi connectivity index (χ0) is 26.5. The molecule has 2 aromatic rings. The highest BCUT2D eigenvalue weighted by Gasteiger charge is 2.28. The molecule has 0 bridgehead atoms. The van der Waals surface area contributed by atoms with Crippen LogP contribution in [0, 0.1) is 5.92 Å². The summed E-state index contributed by atoms with van der Waals surface area (Å²) in [7, 11) is 0. The lowest BCUT2D eigenvalue weighted by Gasteiger charge is -2.25. The van der Waals surface area contributed by atoms with Gasteiger partial charge in [0.25, 0.3) is 0 Å². The predicted molar refractivity (Wildman–Crippen MR) is 143 cm³/mol. The Hall–Kier alpha value is -2.62. The van der Waals surface area contributed by atoms with Crippen molar-refractivity contribution in [3.63, 3.8) is 0 Å². The van der Waals surface area contributed by atoms with E-state index in [0.29, 0.717) is 25.2 Å². The maximum Gasteiger partial charge on any atom is 0.246 e. The monoisotopic (exact) mass is 530 g/mol. The Morgan fingerprint density at radius 3 is 2.54 bits per heavy atom. The van der Waals surface area contributed by atoms with Crippen molar-refractivity contribution in [2.24, 2.45) is 5.92 Å². The molecule has 37 heavy (non-hydrogen) atoms. The maximum atomic E-state index is 13.3. The van der Waals surface area contributed by atoms with Crippen LogP contribution in [0.2, 0.25) is 0 Å². The third-order valence-corrected chi connectivity index (χ3v) is 6.93. The number of thioether (sulfide) groups is 1. The molecule has 1 aromatic carbocycles. The molecular formula is C28H38N2O6S. The highest BCUT2D eigenvalue weighted by molar-refractivity contribution is 7.99. The molecule has 8 nitrogen and oxygen atoms in total. The molecule has 1 aliphatic rings. The number of Topliss-reactive ketones (excluding diaryl/α,β-unsaturated/α-hetero) is 1. The average Bonchev–Trinajstić information content (AvgIpc) is 3.41. The van der Waals surface area contributed by atoms with E-state index in [1.54, 1.807) is 6.26 Å². The zero-order valence-corrected chi connectivity index (χ0v) is 22.5. The quantitative estimate of drug-likeness (QED) is 0.360. The average molecular weight is 531 g/mol. The minimum absolute atomic E-state index is 0.0823. The third-order valence-electron chi connectivity index (χ3n) is 5.95. The van der Waals surface area contributed by atoms with Crippen LogP contribution in [0.15, 0.2) is 53.1 Å². The second-order valence-corrected chi connectivity index (χ2v) is 10.6. The standard InChI is InChI=1S/C28H38N2O6S/c1-20(2)15-24(29-26(32)17-36-27-12-6-7-13-35-27)28(33)30-23(16-21-9-4-3-5-10-21)25(31)19-37-18-22-11-8-14-34-22/h3-5,8-11,14,20,23-24,27H,6-7,12-13,15-19H2,1-2H3,(H,29,32)(H,30,33)/t23?,24-,27-/m0/s1. The summed E-state index contributed by atoms with van der Waals surface area (Å²) in [6.45, 7) is 4.41. The number of benzene rings is 1. The molecule has 9 heteroatoms. The third kappa shape index (κ3) is 10.7. The summed E-state index contributed by atoms with van der Waals surface area (Å²) in [5.41, 5.74) is 0.947. The Morgan fingerprint density at radius 2 is 1.86 bits per heavy atom. The second kappa shape index (κ2) is 15.6. The van der Waals surface area contributed by atoms with Crippen molar-refractivity contribution in [2.45, 2.75) is 70.1 Å². The van der Waals surface area contributed by atoms with Gasteiger partial charge in [-0.2, -0.15) is 0 Å². The van der Waals surface area contributed by atoms with Crippen LogP contribution in [0.3, 0.4) is 0 Å². The zero-order valence-electron chi connectivity index (χ0n) is 21.6. The number of amides is 2. The molecule has 1 aliphatic heterocycles. The van der Waals surface area contributed by atoms with Crippen LogP contribution < -0.4 is 10.6 Å². The summed E-state index contributed by atoms with van der Waals surface area (Å²) in [6.07, 6.45) is 4.78. The Labute approximate surface area is 223 Å². The lowest BCUT2D eigenvalue weighted by atomic mass is 10.00. The lowest BCUT2D eigenvalue weighted by molar-refractivity contribution is -0.170. The SMILES string of the molecule is CC(C)C[C@H](NC(=O)CO[C@H]1CCCCO1)C(=O)NC(Cc1ccccc1)C(=O)CSCc1ccco1. The van der Waals surface area contributed by atoms with Gasteiger partial charge in [0.1, 0.15) is 18.4 Å². The maximum absolute atomic E-state index is 13.3. The molecule has 202 valence electrons. The normalized spacial score (nSPS) is 17.2. The molecule has 3 atom stereocenters. The van der Waals surface area contributed by atoms with E-state index in [2.05, 4.69) is 10.6 Å². The summed E-state index contributed by atoms with van der Waals surface area (Å²) in [5.74, 6) is 0.918. The van der Waals surface area contributed by atoms with Crippen molar-refractivity contribution in [1.29, 1.82) is 0 Å². The molecule has 0 aliphatic carbocycles. The molecule has 1 aromatic heterocycles. The molecule has 2 heterocycles. The minimum Gasteiger partial charge on any atom is -0.468 e. The van der Waals surface area contributed by atoms with E-state index in [1.807, 2.05) is 56.3 Å². The van der Waals surface area contributed by atoms with Crippen molar-refractivity contribution >= 4 is 29.4 Å². The first-order chi connectivity index (χ1) is 17.9. The fourth-order valence-electron chi connectivity index (χ4n) is 4.07. The fraction of sp³-hybridized carbons (Fsp3) is 0.536. The van der Waals surface area contributed by atoms with Gasteiger partial charge in [0, 0.05) is 6.61 Å². The van der Waals surface area contributed by atoms with Gasteiger partial charge in [0.05, 0.1) is 23.8 Å². The number of nitrogens with one attached hydrogen (secondary N) is 2. The van der Waals surface area contributed by atoms with Gasteiger partial charge in [-0.1, -0.05) is 44.2 Å². The molecule has 0 radical (unpaired) electrons. The number of rotatable bonds is 15. The van der Waals surface area contributed by atoms with Crippen LogP contribution in [-0.4, -0.2) is 54.9 Å². The van der Waals surface area contributed by atoms with Gasteiger partial charge in [-0.25, -0.2) is 0 Å².